The number of anilines is 1. The molecule has 110 valence electrons. The fourth-order valence-electron chi connectivity index (χ4n) is 3.00. The van der Waals surface area contributed by atoms with Crippen LogP contribution in [0, 0.1) is 18.8 Å². The summed E-state index contributed by atoms with van der Waals surface area (Å²) in [7, 11) is 0. The molecule has 1 aliphatic carbocycles. The molecule has 0 aliphatic heterocycles. The first-order valence-electron chi connectivity index (χ1n) is 7.74. The van der Waals surface area contributed by atoms with Gasteiger partial charge in [0.2, 0.25) is 0 Å². The first kappa shape index (κ1) is 14.9. The van der Waals surface area contributed by atoms with Gasteiger partial charge < -0.3 is 11.1 Å². The van der Waals surface area contributed by atoms with E-state index >= 15 is 0 Å². The number of benzene rings is 1. The van der Waals surface area contributed by atoms with Crippen molar-refractivity contribution >= 4 is 11.6 Å². The molecule has 3 N–H and O–H groups in total. The number of hydrogen-bond donors (Lipinski definition) is 2. The number of rotatable bonds is 4. The summed E-state index contributed by atoms with van der Waals surface area (Å²) in [5.41, 5.74) is 8.18. The van der Waals surface area contributed by atoms with Crippen molar-refractivity contribution in [2.75, 3.05) is 12.3 Å². The van der Waals surface area contributed by atoms with Crippen molar-refractivity contribution in [1.29, 1.82) is 0 Å². The number of carbonyl (C=O) groups is 1. The predicted octanol–water partition coefficient (Wildman–Crippen LogP) is 3.52. The van der Waals surface area contributed by atoms with Crippen molar-refractivity contribution in [3.05, 3.63) is 29.3 Å². The highest BCUT2D eigenvalue weighted by Gasteiger charge is 2.20. The third-order valence-corrected chi connectivity index (χ3v) is 4.63. The van der Waals surface area contributed by atoms with E-state index in [1.165, 1.54) is 32.1 Å². The minimum Gasteiger partial charge on any atom is -0.399 e. The van der Waals surface area contributed by atoms with E-state index in [2.05, 4.69) is 12.2 Å². The quantitative estimate of drug-likeness (QED) is 0.825. The molecule has 0 unspecified atom stereocenters. The molecular weight excluding hydrogens is 248 g/mol. The fourth-order valence-corrected chi connectivity index (χ4v) is 3.00. The Labute approximate surface area is 121 Å². The third-order valence-electron chi connectivity index (χ3n) is 4.63. The van der Waals surface area contributed by atoms with Crippen LogP contribution < -0.4 is 11.1 Å². The number of carbonyl (C=O) groups excluding carboxylic acids is 1. The second-order valence-electron chi connectivity index (χ2n) is 6.08. The molecule has 1 aliphatic rings. The average Bonchev–Trinajstić information content (AvgIpc) is 2.48. The lowest BCUT2D eigenvalue weighted by Crippen LogP contribution is -2.31. The molecular formula is C17H26N2O. The number of aryl methyl sites for hydroxylation is 1. The van der Waals surface area contributed by atoms with E-state index in [1.807, 2.05) is 13.0 Å². The van der Waals surface area contributed by atoms with Crippen molar-refractivity contribution in [3.63, 3.8) is 0 Å². The number of hydrogen-bond acceptors (Lipinski definition) is 2. The number of nitrogens with two attached hydrogens (primary N) is 1. The Kier molecular flexibility index (Phi) is 5.05. The molecule has 1 aromatic carbocycles. The summed E-state index contributed by atoms with van der Waals surface area (Å²) in [6, 6.07) is 5.46. The number of nitrogen functional groups attached to an aromatic ring is 1. The first-order chi connectivity index (χ1) is 9.60. The first-order valence-corrected chi connectivity index (χ1v) is 7.74. The van der Waals surface area contributed by atoms with Gasteiger partial charge in [0.1, 0.15) is 0 Å². The molecule has 1 fully saturated rings. The van der Waals surface area contributed by atoms with E-state index in [4.69, 9.17) is 5.73 Å². The van der Waals surface area contributed by atoms with Gasteiger partial charge in [-0.1, -0.05) is 26.2 Å². The lowest BCUT2D eigenvalue weighted by molar-refractivity contribution is 0.0941. The Morgan fingerprint density at radius 2 is 1.90 bits per heavy atom. The molecule has 3 heteroatoms. The van der Waals surface area contributed by atoms with Gasteiger partial charge in [0, 0.05) is 17.8 Å². The summed E-state index contributed by atoms with van der Waals surface area (Å²) in [6.07, 6.45) is 6.43. The Bertz CT molecular complexity index is 462. The smallest absolute Gasteiger partial charge is 0.251 e. The second kappa shape index (κ2) is 6.78. The molecule has 3 nitrogen and oxygen atoms in total. The molecule has 0 atom stereocenters. The molecule has 0 radical (unpaired) electrons. The molecule has 1 saturated carbocycles. The van der Waals surface area contributed by atoms with Gasteiger partial charge >= 0.3 is 0 Å². The van der Waals surface area contributed by atoms with Gasteiger partial charge in [0.15, 0.2) is 0 Å². The van der Waals surface area contributed by atoms with E-state index < -0.39 is 0 Å². The van der Waals surface area contributed by atoms with Crippen molar-refractivity contribution < 1.29 is 4.79 Å². The molecule has 0 saturated heterocycles. The highest BCUT2D eigenvalue weighted by molar-refractivity contribution is 5.94. The van der Waals surface area contributed by atoms with E-state index in [-0.39, 0.29) is 5.91 Å². The monoisotopic (exact) mass is 274 g/mol. The second-order valence-corrected chi connectivity index (χ2v) is 6.08. The lowest BCUT2D eigenvalue weighted by Gasteiger charge is -2.27. The SMILES string of the molecule is CCC1CCC(CNC(=O)c2ccc(N)c(C)c2)CC1. The Morgan fingerprint density at radius 3 is 2.50 bits per heavy atom. The molecule has 1 amide bonds. The molecule has 0 aromatic heterocycles. The van der Waals surface area contributed by atoms with Crippen LogP contribution in [-0.4, -0.2) is 12.5 Å². The lowest BCUT2D eigenvalue weighted by atomic mass is 9.81. The molecule has 0 heterocycles. The third kappa shape index (κ3) is 3.75. The molecule has 0 bridgehead atoms. The molecule has 1 aromatic rings. The predicted molar refractivity (Wildman–Crippen MR) is 83.7 cm³/mol. The maximum absolute atomic E-state index is 12.1. The Morgan fingerprint density at radius 1 is 1.25 bits per heavy atom. The summed E-state index contributed by atoms with van der Waals surface area (Å²) in [4.78, 5) is 12.1. The van der Waals surface area contributed by atoms with E-state index in [0.717, 1.165) is 23.7 Å². The highest BCUT2D eigenvalue weighted by atomic mass is 16.1. The molecule has 20 heavy (non-hydrogen) atoms. The van der Waals surface area contributed by atoms with Crippen molar-refractivity contribution in [2.24, 2.45) is 11.8 Å². The topological polar surface area (TPSA) is 55.1 Å². The van der Waals surface area contributed by atoms with Crippen LogP contribution in [0.3, 0.4) is 0 Å². The van der Waals surface area contributed by atoms with Crippen LogP contribution in [0.1, 0.15) is 54.9 Å². The van der Waals surface area contributed by atoms with Crippen LogP contribution in [0.5, 0.6) is 0 Å². The van der Waals surface area contributed by atoms with Crippen LogP contribution in [0.15, 0.2) is 18.2 Å². The zero-order valence-corrected chi connectivity index (χ0v) is 12.6. The van der Waals surface area contributed by atoms with Gasteiger partial charge in [-0.3, -0.25) is 4.79 Å². The van der Waals surface area contributed by atoms with Crippen molar-refractivity contribution in [1.82, 2.24) is 5.32 Å². The summed E-state index contributed by atoms with van der Waals surface area (Å²) in [5.74, 6) is 1.57. The highest BCUT2D eigenvalue weighted by Crippen LogP contribution is 2.30. The Balaban J connectivity index is 1.82. The maximum Gasteiger partial charge on any atom is 0.251 e. The van der Waals surface area contributed by atoms with Gasteiger partial charge in [-0.05, 0) is 55.4 Å². The van der Waals surface area contributed by atoms with Gasteiger partial charge in [0.25, 0.3) is 5.91 Å². The minimum atomic E-state index is 0.0192. The summed E-state index contributed by atoms with van der Waals surface area (Å²) >= 11 is 0. The zero-order chi connectivity index (χ0) is 14.5. The number of nitrogens with one attached hydrogen (secondary N) is 1. The number of amides is 1. The van der Waals surface area contributed by atoms with Crippen molar-refractivity contribution in [3.8, 4) is 0 Å². The van der Waals surface area contributed by atoms with Crippen LogP contribution in [0.4, 0.5) is 5.69 Å². The maximum atomic E-state index is 12.1. The summed E-state index contributed by atoms with van der Waals surface area (Å²) in [5, 5.41) is 3.07. The van der Waals surface area contributed by atoms with Crippen LogP contribution in [0.25, 0.3) is 0 Å². The Hall–Kier alpha value is -1.51. The normalized spacial score (nSPS) is 22.5. The minimum absolute atomic E-state index is 0.0192. The average molecular weight is 274 g/mol. The molecule has 0 spiro atoms. The van der Waals surface area contributed by atoms with Crippen molar-refractivity contribution in [2.45, 2.75) is 46.0 Å². The standard InChI is InChI=1S/C17H26N2O/c1-3-13-4-6-14(7-5-13)11-19-17(20)15-8-9-16(18)12(2)10-15/h8-10,13-14H,3-7,11,18H2,1-2H3,(H,19,20). The zero-order valence-electron chi connectivity index (χ0n) is 12.6. The van der Waals surface area contributed by atoms with E-state index in [1.54, 1.807) is 12.1 Å². The summed E-state index contributed by atoms with van der Waals surface area (Å²) < 4.78 is 0. The van der Waals surface area contributed by atoms with Crippen LogP contribution >= 0.6 is 0 Å². The van der Waals surface area contributed by atoms with Gasteiger partial charge in [-0.2, -0.15) is 0 Å². The van der Waals surface area contributed by atoms with Crippen LogP contribution in [-0.2, 0) is 0 Å². The van der Waals surface area contributed by atoms with Gasteiger partial charge in [-0.15, -0.1) is 0 Å². The van der Waals surface area contributed by atoms with Crippen LogP contribution in [0.2, 0.25) is 0 Å². The van der Waals surface area contributed by atoms with Gasteiger partial charge in [0.05, 0.1) is 0 Å². The van der Waals surface area contributed by atoms with E-state index in [0.29, 0.717) is 11.5 Å². The summed E-state index contributed by atoms with van der Waals surface area (Å²) in [6.45, 7) is 5.01. The largest absolute Gasteiger partial charge is 0.399 e. The fraction of sp³-hybridized carbons (Fsp3) is 0.588. The molecule has 2 rings (SSSR count). The van der Waals surface area contributed by atoms with Gasteiger partial charge in [-0.25, -0.2) is 0 Å². The van der Waals surface area contributed by atoms with E-state index in [9.17, 15) is 4.79 Å².